The number of hydrogen-bond donors (Lipinski definition) is 1. The molecule has 2 rings (SSSR count). The number of nitro benzene ring substituents is 1. The lowest BCUT2D eigenvalue weighted by Crippen LogP contribution is -2.06. The summed E-state index contributed by atoms with van der Waals surface area (Å²) in [6.07, 6.45) is 0.953. The molecule has 11 heteroatoms. The van der Waals surface area contributed by atoms with Crippen LogP contribution in [-0.2, 0) is 16.4 Å². The zero-order valence-electron chi connectivity index (χ0n) is 14.3. The molecule has 0 spiro atoms. The average Bonchev–Trinajstić information content (AvgIpc) is 2.59. The van der Waals surface area contributed by atoms with E-state index in [4.69, 9.17) is 4.74 Å². The highest BCUT2D eigenvalue weighted by molar-refractivity contribution is 7.90. The summed E-state index contributed by atoms with van der Waals surface area (Å²) in [5.74, 6) is -0.0590. The summed E-state index contributed by atoms with van der Waals surface area (Å²) < 4.78 is 57.1. The fourth-order valence-corrected chi connectivity index (χ4v) is 2.90. The number of ether oxygens (including phenoxy) is 2. The third-order valence-electron chi connectivity index (χ3n) is 3.52. The second kappa shape index (κ2) is 8.16. The molecule has 0 radical (unpaired) electrons. The predicted octanol–water partition coefficient (Wildman–Crippen LogP) is 3.22. The smallest absolute Gasteiger partial charge is 0.387 e. The summed E-state index contributed by atoms with van der Waals surface area (Å²) in [6, 6.07) is 7.75. The van der Waals surface area contributed by atoms with Crippen LogP contribution in [-0.4, -0.2) is 33.3 Å². The van der Waals surface area contributed by atoms with E-state index in [0.29, 0.717) is 5.56 Å². The topological polar surface area (TPSA) is 108 Å². The second-order valence-electron chi connectivity index (χ2n) is 5.43. The van der Waals surface area contributed by atoms with Gasteiger partial charge >= 0.3 is 6.61 Å². The van der Waals surface area contributed by atoms with Gasteiger partial charge in [-0.15, -0.1) is 0 Å². The van der Waals surface area contributed by atoms with Crippen LogP contribution in [0.15, 0.2) is 41.3 Å². The van der Waals surface area contributed by atoms with Crippen LogP contribution in [0.1, 0.15) is 5.56 Å². The number of hydrogen-bond acceptors (Lipinski definition) is 7. The number of alkyl halides is 2. The van der Waals surface area contributed by atoms with Gasteiger partial charge in [0, 0.05) is 18.9 Å². The number of anilines is 1. The van der Waals surface area contributed by atoms with E-state index in [-0.39, 0.29) is 28.6 Å². The van der Waals surface area contributed by atoms with Crippen molar-refractivity contribution in [2.24, 2.45) is 0 Å². The number of benzene rings is 2. The molecule has 2 aromatic carbocycles. The van der Waals surface area contributed by atoms with Crippen LogP contribution < -0.4 is 14.8 Å². The molecule has 8 nitrogen and oxygen atoms in total. The largest absolute Gasteiger partial charge is 0.493 e. The lowest BCUT2D eigenvalue weighted by molar-refractivity contribution is -0.384. The summed E-state index contributed by atoms with van der Waals surface area (Å²) in [7, 11) is -2.30. The Morgan fingerprint density at radius 3 is 2.44 bits per heavy atom. The Kier molecular flexibility index (Phi) is 6.16. The number of methoxy groups -OCH3 is 1. The van der Waals surface area contributed by atoms with E-state index in [9.17, 15) is 27.3 Å². The second-order valence-corrected chi connectivity index (χ2v) is 7.44. The van der Waals surface area contributed by atoms with Gasteiger partial charge in [0.15, 0.2) is 21.3 Å². The first-order valence-electron chi connectivity index (χ1n) is 7.46. The summed E-state index contributed by atoms with van der Waals surface area (Å²) in [4.78, 5) is 10.4. The van der Waals surface area contributed by atoms with Crippen molar-refractivity contribution in [3.8, 4) is 11.5 Å². The quantitative estimate of drug-likeness (QED) is 0.533. The van der Waals surface area contributed by atoms with E-state index < -0.39 is 27.1 Å². The summed E-state index contributed by atoms with van der Waals surface area (Å²) >= 11 is 0. The number of halogens is 2. The number of nitrogens with one attached hydrogen (secondary N) is 1. The average molecular weight is 402 g/mol. The van der Waals surface area contributed by atoms with Crippen molar-refractivity contribution in [2.45, 2.75) is 18.1 Å². The monoisotopic (exact) mass is 402 g/mol. The van der Waals surface area contributed by atoms with Crippen molar-refractivity contribution in [2.75, 3.05) is 18.7 Å². The molecular formula is C16H16F2N2O6S. The molecule has 0 aliphatic carbocycles. The zero-order valence-corrected chi connectivity index (χ0v) is 15.1. The molecule has 0 aliphatic heterocycles. The molecule has 0 heterocycles. The highest BCUT2D eigenvalue weighted by atomic mass is 32.2. The molecule has 0 atom stereocenters. The van der Waals surface area contributed by atoms with E-state index in [1.54, 1.807) is 0 Å². The van der Waals surface area contributed by atoms with Crippen molar-refractivity contribution in [1.82, 2.24) is 0 Å². The van der Waals surface area contributed by atoms with Crippen molar-refractivity contribution in [3.05, 3.63) is 52.1 Å². The van der Waals surface area contributed by atoms with Gasteiger partial charge in [-0.1, -0.05) is 6.07 Å². The Labute approximate surface area is 153 Å². The fraction of sp³-hybridized carbons (Fsp3) is 0.250. The zero-order chi connectivity index (χ0) is 20.2. The van der Waals surface area contributed by atoms with Crippen LogP contribution in [0, 0.1) is 10.1 Å². The van der Waals surface area contributed by atoms with Gasteiger partial charge in [-0.3, -0.25) is 10.1 Å². The summed E-state index contributed by atoms with van der Waals surface area (Å²) in [5.41, 5.74) is 0.289. The molecule has 0 bridgehead atoms. The standard InChI is InChI=1S/C16H16F2N2O6S/c1-25-15-7-10(3-6-14(15)26-16(17)18)9-19-12-5-4-11(27(2,23)24)8-13(12)20(21)22/h3-8,16,19H,9H2,1-2H3. The summed E-state index contributed by atoms with van der Waals surface area (Å²) in [6.45, 7) is -2.90. The van der Waals surface area contributed by atoms with Crippen molar-refractivity contribution < 1.29 is 31.6 Å². The molecule has 0 saturated heterocycles. The minimum Gasteiger partial charge on any atom is -0.493 e. The van der Waals surface area contributed by atoms with Crippen molar-refractivity contribution in [3.63, 3.8) is 0 Å². The highest BCUT2D eigenvalue weighted by Crippen LogP contribution is 2.31. The molecule has 0 aromatic heterocycles. The molecule has 0 unspecified atom stereocenters. The van der Waals surface area contributed by atoms with Gasteiger partial charge < -0.3 is 14.8 Å². The number of nitrogens with zero attached hydrogens (tertiary/aromatic N) is 1. The fourth-order valence-electron chi connectivity index (χ4n) is 2.26. The normalized spacial score (nSPS) is 11.3. The SMILES string of the molecule is COc1cc(CNc2ccc(S(C)(=O)=O)cc2[N+](=O)[O-])ccc1OC(F)F. The van der Waals surface area contributed by atoms with E-state index >= 15 is 0 Å². The Bertz CT molecular complexity index is 950. The third kappa shape index (κ3) is 5.26. The van der Waals surface area contributed by atoms with E-state index in [2.05, 4.69) is 10.1 Å². The highest BCUT2D eigenvalue weighted by Gasteiger charge is 2.19. The first-order chi connectivity index (χ1) is 12.6. The molecule has 1 N–H and O–H groups in total. The van der Waals surface area contributed by atoms with Crippen LogP contribution >= 0.6 is 0 Å². The van der Waals surface area contributed by atoms with E-state index in [1.807, 2.05) is 0 Å². The van der Waals surface area contributed by atoms with E-state index in [1.165, 1.54) is 37.4 Å². The van der Waals surface area contributed by atoms with Crippen LogP contribution in [0.5, 0.6) is 11.5 Å². The lowest BCUT2D eigenvalue weighted by Gasteiger charge is -2.12. The Morgan fingerprint density at radius 2 is 1.89 bits per heavy atom. The van der Waals surface area contributed by atoms with Gasteiger partial charge in [-0.2, -0.15) is 8.78 Å². The predicted molar refractivity (Wildman–Crippen MR) is 93.2 cm³/mol. The maximum atomic E-state index is 12.3. The van der Waals surface area contributed by atoms with Gasteiger partial charge in [0.1, 0.15) is 5.69 Å². The summed E-state index contributed by atoms with van der Waals surface area (Å²) in [5, 5.41) is 14.0. The first-order valence-corrected chi connectivity index (χ1v) is 9.35. The van der Waals surface area contributed by atoms with Crippen LogP contribution in [0.2, 0.25) is 0 Å². The van der Waals surface area contributed by atoms with Crippen molar-refractivity contribution in [1.29, 1.82) is 0 Å². The van der Waals surface area contributed by atoms with Gasteiger partial charge in [0.25, 0.3) is 5.69 Å². The maximum Gasteiger partial charge on any atom is 0.387 e. The van der Waals surface area contributed by atoms with Crippen LogP contribution in [0.3, 0.4) is 0 Å². The van der Waals surface area contributed by atoms with Gasteiger partial charge in [-0.05, 0) is 29.8 Å². The Morgan fingerprint density at radius 1 is 1.19 bits per heavy atom. The molecule has 0 amide bonds. The van der Waals surface area contributed by atoms with Gasteiger partial charge in [0.2, 0.25) is 0 Å². The maximum absolute atomic E-state index is 12.3. The molecule has 0 aliphatic rings. The molecule has 0 saturated carbocycles. The first kappa shape index (κ1) is 20.4. The molecule has 27 heavy (non-hydrogen) atoms. The van der Waals surface area contributed by atoms with Gasteiger partial charge in [-0.25, -0.2) is 8.42 Å². The van der Waals surface area contributed by atoms with E-state index in [0.717, 1.165) is 12.3 Å². The molecular weight excluding hydrogens is 386 g/mol. The minimum atomic E-state index is -3.59. The minimum absolute atomic E-state index is 0.0801. The Balaban J connectivity index is 2.24. The molecule has 0 fully saturated rings. The van der Waals surface area contributed by atoms with Gasteiger partial charge in [0.05, 0.1) is 16.9 Å². The number of nitro groups is 1. The third-order valence-corrected chi connectivity index (χ3v) is 4.63. The Hall–Kier alpha value is -2.95. The van der Waals surface area contributed by atoms with Crippen LogP contribution in [0.25, 0.3) is 0 Å². The molecule has 2 aromatic rings. The molecule has 146 valence electrons. The number of sulfone groups is 1. The lowest BCUT2D eigenvalue weighted by atomic mass is 10.2. The van der Waals surface area contributed by atoms with Crippen molar-refractivity contribution >= 4 is 21.2 Å². The van der Waals surface area contributed by atoms with Crippen LogP contribution in [0.4, 0.5) is 20.2 Å². The number of rotatable bonds is 8.